The molecule has 1 aromatic heterocycles. The number of nitrogens with one attached hydrogen (secondary N) is 1. The molecule has 3 heteroatoms. The summed E-state index contributed by atoms with van der Waals surface area (Å²) in [5.41, 5.74) is 1.91. The Hall–Kier alpha value is -0.410. The van der Waals surface area contributed by atoms with E-state index in [4.69, 9.17) is 0 Å². The molecule has 1 aromatic rings. The van der Waals surface area contributed by atoms with Gasteiger partial charge in [0.25, 0.3) is 0 Å². The molecule has 1 rings (SSSR count). The van der Waals surface area contributed by atoms with Gasteiger partial charge in [0.2, 0.25) is 0 Å². The van der Waals surface area contributed by atoms with Gasteiger partial charge >= 0.3 is 0 Å². The number of aryl methyl sites for hydroxylation is 1. The first kappa shape index (κ1) is 11.7. The van der Waals surface area contributed by atoms with Crippen LogP contribution in [0.2, 0.25) is 0 Å². The molecule has 1 unspecified atom stereocenters. The second-order valence-corrected chi connectivity index (χ2v) is 4.69. The summed E-state index contributed by atoms with van der Waals surface area (Å²) in [5, 5.41) is 3.50. The van der Waals surface area contributed by atoms with Crippen molar-refractivity contribution in [2.75, 3.05) is 6.54 Å². The smallest absolute Gasteiger partial charge is 0.0794 e. The molecule has 0 bridgehead atoms. The fourth-order valence-electron chi connectivity index (χ4n) is 1.44. The topological polar surface area (TPSA) is 24.9 Å². The molecule has 0 aromatic carbocycles. The van der Waals surface area contributed by atoms with E-state index in [2.05, 4.69) is 24.1 Å². The lowest BCUT2D eigenvalue weighted by atomic mass is 10.1. The molecule has 0 radical (unpaired) electrons. The summed E-state index contributed by atoms with van der Waals surface area (Å²) in [6, 6.07) is 0.655. The summed E-state index contributed by atoms with van der Waals surface area (Å²) >= 11 is 1.76. The molecule has 0 spiro atoms. The zero-order chi connectivity index (χ0) is 10.2. The standard InChI is InChI=1S/C11H20N2S/c1-3-7-13-10(2)5-4-6-11-8-12-9-14-11/h8-10,13H,3-7H2,1-2H3. The highest BCUT2D eigenvalue weighted by Crippen LogP contribution is 2.10. The van der Waals surface area contributed by atoms with Crippen molar-refractivity contribution < 1.29 is 0 Å². The van der Waals surface area contributed by atoms with E-state index in [-0.39, 0.29) is 0 Å². The van der Waals surface area contributed by atoms with Crippen LogP contribution in [0.4, 0.5) is 0 Å². The summed E-state index contributed by atoms with van der Waals surface area (Å²) in [5.74, 6) is 0. The highest BCUT2D eigenvalue weighted by atomic mass is 32.1. The van der Waals surface area contributed by atoms with Gasteiger partial charge in [0.05, 0.1) is 5.51 Å². The molecule has 0 aliphatic heterocycles. The molecule has 1 heterocycles. The molecule has 0 saturated heterocycles. The largest absolute Gasteiger partial charge is 0.314 e. The fourth-order valence-corrected chi connectivity index (χ4v) is 2.08. The number of hydrogen-bond donors (Lipinski definition) is 1. The van der Waals surface area contributed by atoms with E-state index in [0.29, 0.717) is 6.04 Å². The first-order valence-electron chi connectivity index (χ1n) is 5.43. The van der Waals surface area contributed by atoms with Crippen molar-refractivity contribution >= 4 is 11.3 Å². The van der Waals surface area contributed by atoms with Crippen LogP contribution in [0.1, 0.15) is 38.0 Å². The van der Waals surface area contributed by atoms with Crippen LogP contribution in [0, 0.1) is 0 Å². The van der Waals surface area contributed by atoms with Gasteiger partial charge in [-0.05, 0) is 39.2 Å². The molecular weight excluding hydrogens is 192 g/mol. The minimum Gasteiger partial charge on any atom is -0.314 e. The average molecular weight is 212 g/mol. The quantitative estimate of drug-likeness (QED) is 0.752. The monoisotopic (exact) mass is 212 g/mol. The van der Waals surface area contributed by atoms with Crippen molar-refractivity contribution in [1.82, 2.24) is 10.3 Å². The number of rotatable bonds is 7. The van der Waals surface area contributed by atoms with Gasteiger partial charge in [0.15, 0.2) is 0 Å². The van der Waals surface area contributed by atoms with Gasteiger partial charge in [0.1, 0.15) is 0 Å². The molecule has 2 nitrogen and oxygen atoms in total. The van der Waals surface area contributed by atoms with Crippen LogP contribution >= 0.6 is 11.3 Å². The second kappa shape index (κ2) is 6.96. The van der Waals surface area contributed by atoms with Crippen LogP contribution in [0.3, 0.4) is 0 Å². The van der Waals surface area contributed by atoms with Crippen molar-refractivity contribution in [3.63, 3.8) is 0 Å². The molecule has 0 amide bonds. The lowest BCUT2D eigenvalue weighted by molar-refractivity contribution is 0.499. The Labute approximate surface area is 90.8 Å². The molecule has 80 valence electrons. The van der Waals surface area contributed by atoms with E-state index < -0.39 is 0 Å². The summed E-state index contributed by atoms with van der Waals surface area (Å²) in [7, 11) is 0. The number of nitrogens with zero attached hydrogens (tertiary/aromatic N) is 1. The Morgan fingerprint density at radius 2 is 2.43 bits per heavy atom. The van der Waals surface area contributed by atoms with Crippen LogP contribution < -0.4 is 5.32 Å². The van der Waals surface area contributed by atoms with Crippen molar-refractivity contribution in [3.05, 3.63) is 16.6 Å². The molecule has 14 heavy (non-hydrogen) atoms. The predicted molar refractivity (Wildman–Crippen MR) is 62.8 cm³/mol. The highest BCUT2D eigenvalue weighted by molar-refractivity contribution is 7.09. The predicted octanol–water partition coefficient (Wildman–Crippen LogP) is 2.85. The summed E-state index contributed by atoms with van der Waals surface area (Å²) in [6.07, 6.45) is 6.91. The van der Waals surface area contributed by atoms with Gasteiger partial charge in [0, 0.05) is 17.1 Å². The van der Waals surface area contributed by atoms with E-state index in [1.807, 2.05) is 11.7 Å². The Morgan fingerprint density at radius 3 is 3.07 bits per heavy atom. The molecule has 0 aliphatic carbocycles. The maximum Gasteiger partial charge on any atom is 0.0794 e. The van der Waals surface area contributed by atoms with E-state index in [9.17, 15) is 0 Å². The Kier molecular flexibility index (Phi) is 5.80. The zero-order valence-corrected chi connectivity index (χ0v) is 9.94. The minimum absolute atomic E-state index is 0.655. The Balaban J connectivity index is 2.03. The van der Waals surface area contributed by atoms with Crippen molar-refractivity contribution in [1.29, 1.82) is 0 Å². The van der Waals surface area contributed by atoms with E-state index in [1.54, 1.807) is 11.3 Å². The molecule has 1 N–H and O–H groups in total. The number of aromatic nitrogens is 1. The van der Waals surface area contributed by atoms with E-state index in [1.165, 1.54) is 30.6 Å². The second-order valence-electron chi connectivity index (χ2n) is 3.72. The van der Waals surface area contributed by atoms with Crippen LogP contribution in [0.25, 0.3) is 0 Å². The maximum atomic E-state index is 4.07. The highest BCUT2D eigenvalue weighted by Gasteiger charge is 2.01. The lowest BCUT2D eigenvalue weighted by Gasteiger charge is -2.11. The summed E-state index contributed by atoms with van der Waals surface area (Å²) in [4.78, 5) is 5.48. The van der Waals surface area contributed by atoms with Gasteiger partial charge < -0.3 is 5.32 Å². The van der Waals surface area contributed by atoms with Crippen molar-refractivity contribution in [3.8, 4) is 0 Å². The molecule has 0 saturated carbocycles. The molecule has 0 aliphatic rings. The number of hydrogen-bond acceptors (Lipinski definition) is 3. The summed E-state index contributed by atoms with van der Waals surface area (Å²) < 4.78 is 0. The summed E-state index contributed by atoms with van der Waals surface area (Å²) in [6.45, 7) is 5.61. The minimum atomic E-state index is 0.655. The van der Waals surface area contributed by atoms with Gasteiger partial charge in [-0.2, -0.15) is 0 Å². The average Bonchev–Trinajstić information content (AvgIpc) is 2.67. The molecule has 1 atom stereocenters. The zero-order valence-electron chi connectivity index (χ0n) is 9.12. The third-order valence-corrected chi connectivity index (χ3v) is 3.13. The van der Waals surface area contributed by atoms with Gasteiger partial charge in [-0.25, -0.2) is 0 Å². The van der Waals surface area contributed by atoms with E-state index in [0.717, 1.165) is 6.54 Å². The fraction of sp³-hybridized carbons (Fsp3) is 0.727. The Bertz CT molecular complexity index is 221. The maximum absolute atomic E-state index is 4.07. The molecule has 0 fully saturated rings. The Morgan fingerprint density at radius 1 is 1.57 bits per heavy atom. The first-order valence-corrected chi connectivity index (χ1v) is 6.31. The van der Waals surface area contributed by atoms with Crippen molar-refractivity contribution in [2.24, 2.45) is 0 Å². The number of thiazole rings is 1. The lowest BCUT2D eigenvalue weighted by Crippen LogP contribution is -2.26. The van der Waals surface area contributed by atoms with Gasteiger partial charge in [-0.1, -0.05) is 6.92 Å². The third kappa shape index (κ3) is 4.72. The SMILES string of the molecule is CCCNC(C)CCCc1cncs1. The molecular formula is C11H20N2S. The van der Waals surface area contributed by atoms with Crippen molar-refractivity contribution in [2.45, 2.75) is 45.6 Å². The van der Waals surface area contributed by atoms with Gasteiger partial charge in [-0.3, -0.25) is 4.98 Å². The van der Waals surface area contributed by atoms with Crippen LogP contribution in [-0.4, -0.2) is 17.6 Å². The first-order chi connectivity index (χ1) is 6.83. The van der Waals surface area contributed by atoms with Gasteiger partial charge in [-0.15, -0.1) is 11.3 Å². The van der Waals surface area contributed by atoms with Crippen LogP contribution in [0.5, 0.6) is 0 Å². The normalized spacial score (nSPS) is 13.0. The van der Waals surface area contributed by atoms with E-state index >= 15 is 0 Å². The third-order valence-electron chi connectivity index (χ3n) is 2.29. The van der Waals surface area contributed by atoms with Crippen LogP contribution in [-0.2, 0) is 6.42 Å². The van der Waals surface area contributed by atoms with Crippen LogP contribution in [0.15, 0.2) is 11.7 Å².